The van der Waals surface area contributed by atoms with E-state index in [1.54, 1.807) is 0 Å². The minimum atomic E-state index is 0.315. The Morgan fingerprint density at radius 2 is 1.94 bits per heavy atom. The molecule has 3 rings (SSSR count). The second-order valence-electron chi connectivity index (χ2n) is 6.49. The van der Waals surface area contributed by atoms with Crippen LogP contribution in [-0.4, -0.2) is 23.9 Å². The number of carbonyl (C=O) groups excluding carboxylic acids is 1. The van der Waals surface area contributed by atoms with Gasteiger partial charge in [-0.15, -0.1) is 0 Å². The molecule has 0 N–H and O–H groups in total. The Balaban J connectivity index is 2.11. The van der Waals surface area contributed by atoms with Crippen molar-refractivity contribution < 1.29 is 4.79 Å². The van der Waals surface area contributed by atoms with Gasteiger partial charge in [0.05, 0.1) is 0 Å². The zero-order valence-corrected chi connectivity index (χ0v) is 12.3. The van der Waals surface area contributed by atoms with Gasteiger partial charge in [-0.3, -0.25) is 4.79 Å². The third-order valence-corrected chi connectivity index (χ3v) is 4.99. The molecule has 0 saturated heterocycles. The van der Waals surface area contributed by atoms with Crippen LogP contribution >= 0.6 is 0 Å². The molecule has 2 bridgehead atoms. The number of rotatable bonds is 5. The highest BCUT2D eigenvalue weighted by molar-refractivity contribution is 5.94. The minimum Gasteiger partial charge on any atom is -0.339 e. The van der Waals surface area contributed by atoms with Crippen LogP contribution in [0.25, 0.3) is 0 Å². The van der Waals surface area contributed by atoms with E-state index in [2.05, 4.69) is 38.7 Å². The van der Waals surface area contributed by atoms with E-state index < -0.39 is 0 Å². The van der Waals surface area contributed by atoms with Gasteiger partial charge in [0.25, 0.3) is 0 Å². The number of hydrogen-bond donors (Lipinski definition) is 0. The molecule has 18 heavy (non-hydrogen) atoms. The lowest BCUT2D eigenvalue weighted by atomic mass is 9.49. The summed E-state index contributed by atoms with van der Waals surface area (Å²) in [6, 6.07) is 0. The van der Waals surface area contributed by atoms with Crippen molar-refractivity contribution in [2.75, 3.05) is 13.1 Å². The summed E-state index contributed by atoms with van der Waals surface area (Å²) in [6.07, 6.45) is 6.67. The summed E-state index contributed by atoms with van der Waals surface area (Å²) in [4.78, 5) is 14.7. The Morgan fingerprint density at radius 3 is 2.39 bits per heavy atom. The number of hydrogen-bond acceptors (Lipinski definition) is 1. The van der Waals surface area contributed by atoms with Gasteiger partial charge in [0.15, 0.2) is 0 Å². The Labute approximate surface area is 111 Å². The van der Waals surface area contributed by atoms with Crippen molar-refractivity contribution in [3.05, 3.63) is 11.6 Å². The molecule has 0 heterocycles. The fourth-order valence-corrected chi connectivity index (χ4v) is 3.63. The molecule has 2 atom stereocenters. The SMILES string of the molecule is CCCN(CCC)C(=O)C1=CCC2CC1C2(C)C. The van der Waals surface area contributed by atoms with E-state index in [4.69, 9.17) is 0 Å². The van der Waals surface area contributed by atoms with E-state index in [9.17, 15) is 4.79 Å². The summed E-state index contributed by atoms with van der Waals surface area (Å²) < 4.78 is 0. The van der Waals surface area contributed by atoms with Crippen LogP contribution in [0.3, 0.4) is 0 Å². The van der Waals surface area contributed by atoms with E-state index in [1.807, 2.05) is 0 Å². The lowest BCUT2D eigenvalue weighted by molar-refractivity contribution is -0.131. The smallest absolute Gasteiger partial charge is 0.249 e. The average Bonchev–Trinajstić information content (AvgIpc) is 2.37. The van der Waals surface area contributed by atoms with E-state index in [0.29, 0.717) is 17.2 Å². The zero-order chi connectivity index (χ0) is 13.3. The fraction of sp³-hybridized carbons (Fsp3) is 0.812. The van der Waals surface area contributed by atoms with Gasteiger partial charge in [-0.05, 0) is 42.9 Å². The molecule has 3 aliphatic rings. The third kappa shape index (κ3) is 2.10. The van der Waals surface area contributed by atoms with E-state index in [-0.39, 0.29) is 0 Å². The number of allylic oxidation sites excluding steroid dienone is 1. The van der Waals surface area contributed by atoms with Crippen LogP contribution in [0.5, 0.6) is 0 Å². The molecule has 0 aromatic carbocycles. The Kier molecular flexibility index (Phi) is 3.84. The lowest BCUT2D eigenvalue weighted by Crippen LogP contribution is -2.51. The van der Waals surface area contributed by atoms with Crippen LogP contribution in [0.4, 0.5) is 0 Å². The van der Waals surface area contributed by atoms with Gasteiger partial charge in [0.2, 0.25) is 5.91 Å². The van der Waals surface area contributed by atoms with Crippen LogP contribution in [0.1, 0.15) is 53.4 Å². The molecule has 2 unspecified atom stereocenters. The largest absolute Gasteiger partial charge is 0.339 e. The van der Waals surface area contributed by atoms with Gasteiger partial charge in [-0.2, -0.15) is 0 Å². The molecule has 0 radical (unpaired) electrons. The number of amides is 1. The third-order valence-electron chi connectivity index (χ3n) is 4.99. The van der Waals surface area contributed by atoms with Crippen molar-refractivity contribution in [1.29, 1.82) is 0 Å². The second kappa shape index (κ2) is 5.07. The molecular weight excluding hydrogens is 222 g/mol. The molecular formula is C16H27NO. The molecule has 1 fully saturated rings. The highest BCUT2D eigenvalue weighted by Gasteiger charge is 2.52. The first-order valence-electron chi connectivity index (χ1n) is 7.51. The van der Waals surface area contributed by atoms with Crippen LogP contribution in [0.2, 0.25) is 0 Å². The fourth-order valence-electron chi connectivity index (χ4n) is 3.63. The maximum Gasteiger partial charge on any atom is 0.249 e. The molecule has 102 valence electrons. The molecule has 2 nitrogen and oxygen atoms in total. The predicted octanol–water partition coefficient (Wildman–Crippen LogP) is 3.63. The standard InChI is InChI=1S/C16H27NO/c1-5-9-17(10-6-2)15(18)13-8-7-12-11-14(13)16(12,3)4/h8,12,14H,5-7,9-11H2,1-4H3. The quantitative estimate of drug-likeness (QED) is 0.728. The average molecular weight is 249 g/mol. The minimum absolute atomic E-state index is 0.315. The molecule has 0 aliphatic heterocycles. The normalized spacial score (nSPS) is 28.3. The first kappa shape index (κ1) is 13.6. The van der Waals surface area contributed by atoms with Gasteiger partial charge in [0.1, 0.15) is 0 Å². The maximum absolute atomic E-state index is 12.7. The highest BCUT2D eigenvalue weighted by atomic mass is 16.2. The van der Waals surface area contributed by atoms with Crippen LogP contribution in [-0.2, 0) is 4.79 Å². The van der Waals surface area contributed by atoms with Crippen molar-refractivity contribution in [2.24, 2.45) is 17.3 Å². The van der Waals surface area contributed by atoms with Gasteiger partial charge in [-0.1, -0.05) is 33.8 Å². The van der Waals surface area contributed by atoms with Crippen molar-refractivity contribution in [3.63, 3.8) is 0 Å². The van der Waals surface area contributed by atoms with E-state index in [0.717, 1.165) is 43.8 Å². The highest BCUT2D eigenvalue weighted by Crippen LogP contribution is 2.59. The maximum atomic E-state index is 12.7. The van der Waals surface area contributed by atoms with Crippen LogP contribution in [0.15, 0.2) is 11.6 Å². The first-order valence-corrected chi connectivity index (χ1v) is 7.51. The Morgan fingerprint density at radius 1 is 1.33 bits per heavy atom. The van der Waals surface area contributed by atoms with Crippen molar-refractivity contribution >= 4 is 5.91 Å². The van der Waals surface area contributed by atoms with Crippen molar-refractivity contribution in [3.8, 4) is 0 Å². The van der Waals surface area contributed by atoms with Gasteiger partial charge >= 0.3 is 0 Å². The van der Waals surface area contributed by atoms with E-state index >= 15 is 0 Å². The summed E-state index contributed by atoms with van der Waals surface area (Å²) in [5.74, 6) is 1.64. The van der Waals surface area contributed by atoms with Gasteiger partial charge in [0, 0.05) is 18.7 Å². The number of fused-ring (bicyclic) bond motifs is 1. The predicted molar refractivity (Wildman–Crippen MR) is 75.2 cm³/mol. The van der Waals surface area contributed by atoms with Crippen LogP contribution < -0.4 is 0 Å². The Hall–Kier alpha value is -0.790. The molecule has 1 saturated carbocycles. The van der Waals surface area contributed by atoms with Crippen molar-refractivity contribution in [1.82, 2.24) is 4.90 Å². The van der Waals surface area contributed by atoms with Crippen LogP contribution in [0, 0.1) is 17.3 Å². The summed E-state index contributed by atoms with van der Waals surface area (Å²) in [5.41, 5.74) is 1.47. The zero-order valence-electron chi connectivity index (χ0n) is 12.3. The van der Waals surface area contributed by atoms with Gasteiger partial charge < -0.3 is 4.90 Å². The monoisotopic (exact) mass is 249 g/mol. The Bertz CT molecular complexity index is 350. The topological polar surface area (TPSA) is 20.3 Å². The van der Waals surface area contributed by atoms with Gasteiger partial charge in [-0.25, -0.2) is 0 Å². The summed E-state index contributed by atoms with van der Waals surface area (Å²) in [6.45, 7) is 10.8. The lowest BCUT2D eigenvalue weighted by Gasteiger charge is -2.56. The molecule has 1 amide bonds. The molecule has 0 aromatic heterocycles. The molecule has 0 spiro atoms. The van der Waals surface area contributed by atoms with Crippen molar-refractivity contribution in [2.45, 2.75) is 53.4 Å². The second-order valence-corrected chi connectivity index (χ2v) is 6.49. The summed E-state index contributed by atoms with van der Waals surface area (Å²) >= 11 is 0. The summed E-state index contributed by atoms with van der Waals surface area (Å²) in [5, 5.41) is 0. The molecule has 3 aliphatic carbocycles. The van der Waals surface area contributed by atoms with E-state index in [1.165, 1.54) is 6.42 Å². The molecule has 0 aromatic rings. The molecule has 2 heteroatoms. The summed E-state index contributed by atoms with van der Waals surface area (Å²) in [7, 11) is 0. The number of nitrogens with zero attached hydrogens (tertiary/aromatic N) is 1. The first-order chi connectivity index (χ1) is 8.52. The number of carbonyl (C=O) groups is 1.